The lowest BCUT2D eigenvalue weighted by Crippen LogP contribution is -2.37. The molecule has 4 heterocycles. The second-order valence-corrected chi connectivity index (χ2v) is 7.52. The van der Waals surface area contributed by atoms with E-state index in [1.54, 1.807) is 12.4 Å². The molecule has 8 heteroatoms. The molecular weight excluding hydrogens is 396 g/mol. The summed E-state index contributed by atoms with van der Waals surface area (Å²) < 4.78 is 19.3. The Balaban J connectivity index is 1.34. The van der Waals surface area contributed by atoms with Crippen LogP contribution in [0.15, 0.2) is 64.6 Å². The standard InChI is InChI=1S/C23H24N4O4/c28-25-20-15-23(21-13-17-3-1-7-27(17)16-24-21)31-22-5-4-18(14-19(20)22)30-10-2-6-26-8-11-29-12-9-26/h1,3-5,7,13-16,28H,2,6,8-12H2/b25-20+. The summed E-state index contributed by atoms with van der Waals surface area (Å²) in [5.74, 6) is 1.25. The van der Waals surface area contributed by atoms with Crippen LogP contribution in [0.4, 0.5) is 0 Å². The molecule has 8 nitrogen and oxygen atoms in total. The summed E-state index contributed by atoms with van der Waals surface area (Å²) >= 11 is 0. The number of morpholine rings is 1. The van der Waals surface area contributed by atoms with Crippen molar-refractivity contribution in [3.63, 3.8) is 0 Å². The molecule has 0 saturated carbocycles. The van der Waals surface area contributed by atoms with E-state index in [1.807, 2.05) is 47.0 Å². The second kappa shape index (κ2) is 8.79. The number of aromatic nitrogens is 2. The van der Waals surface area contributed by atoms with Gasteiger partial charge in [0, 0.05) is 37.4 Å². The average molecular weight is 420 g/mol. The summed E-state index contributed by atoms with van der Waals surface area (Å²) in [4.78, 5) is 6.83. The van der Waals surface area contributed by atoms with Crippen molar-refractivity contribution in [3.05, 3.63) is 60.3 Å². The largest absolute Gasteiger partial charge is 0.494 e. The van der Waals surface area contributed by atoms with Gasteiger partial charge in [-0.2, -0.15) is 0 Å². The molecule has 3 aromatic heterocycles. The Morgan fingerprint density at radius 3 is 2.90 bits per heavy atom. The zero-order chi connectivity index (χ0) is 21.0. The maximum absolute atomic E-state index is 9.60. The number of nitrogens with zero attached hydrogens (tertiary/aromatic N) is 4. The first-order chi connectivity index (χ1) is 15.3. The molecule has 0 radical (unpaired) electrons. The lowest BCUT2D eigenvalue weighted by atomic mass is 10.2. The summed E-state index contributed by atoms with van der Waals surface area (Å²) in [6.45, 7) is 5.18. The van der Waals surface area contributed by atoms with Gasteiger partial charge in [0.05, 0.1) is 31.5 Å². The molecule has 1 fully saturated rings. The average Bonchev–Trinajstić information content (AvgIpc) is 3.30. The van der Waals surface area contributed by atoms with E-state index in [0.29, 0.717) is 34.4 Å². The Bertz CT molecular complexity index is 1260. The number of ether oxygens (including phenoxy) is 2. The van der Waals surface area contributed by atoms with E-state index in [1.165, 1.54) is 0 Å². The Morgan fingerprint density at radius 1 is 1.13 bits per heavy atom. The molecule has 0 unspecified atom stereocenters. The van der Waals surface area contributed by atoms with E-state index in [0.717, 1.165) is 50.5 Å². The molecule has 31 heavy (non-hydrogen) atoms. The smallest absolute Gasteiger partial charge is 0.155 e. The fraction of sp³-hybridized carbons (Fsp3) is 0.304. The molecule has 1 saturated heterocycles. The second-order valence-electron chi connectivity index (χ2n) is 7.52. The Labute approximate surface area is 178 Å². The Kier molecular flexibility index (Phi) is 5.56. The van der Waals surface area contributed by atoms with Gasteiger partial charge in [-0.1, -0.05) is 5.16 Å². The summed E-state index contributed by atoms with van der Waals surface area (Å²) in [5, 5.41) is 14.2. The number of hydrogen-bond acceptors (Lipinski definition) is 7. The topological polar surface area (TPSA) is 84.7 Å². The van der Waals surface area contributed by atoms with Gasteiger partial charge in [-0.3, -0.25) is 4.90 Å². The van der Waals surface area contributed by atoms with E-state index in [2.05, 4.69) is 15.0 Å². The molecule has 1 N–H and O–H groups in total. The summed E-state index contributed by atoms with van der Waals surface area (Å²) in [5.41, 5.74) is 2.27. The Hall–Kier alpha value is -3.36. The van der Waals surface area contributed by atoms with Gasteiger partial charge < -0.3 is 23.5 Å². The van der Waals surface area contributed by atoms with Crippen molar-refractivity contribution in [2.75, 3.05) is 39.5 Å². The zero-order valence-electron chi connectivity index (χ0n) is 17.1. The summed E-state index contributed by atoms with van der Waals surface area (Å²) in [6, 6.07) is 13.1. The molecule has 0 aliphatic carbocycles. The normalized spacial score (nSPS) is 15.7. The van der Waals surface area contributed by atoms with Crippen LogP contribution in [0, 0.1) is 0 Å². The molecule has 0 spiro atoms. The zero-order valence-corrected chi connectivity index (χ0v) is 17.1. The quantitative estimate of drug-likeness (QED) is 0.293. The van der Waals surface area contributed by atoms with E-state index in [4.69, 9.17) is 13.9 Å². The number of benzene rings is 1. The van der Waals surface area contributed by atoms with Gasteiger partial charge in [0.1, 0.15) is 22.4 Å². The van der Waals surface area contributed by atoms with Crippen molar-refractivity contribution < 1.29 is 19.1 Å². The van der Waals surface area contributed by atoms with Crippen LogP contribution in [0.1, 0.15) is 6.42 Å². The molecule has 1 aliphatic heterocycles. The van der Waals surface area contributed by atoms with Crippen molar-refractivity contribution in [2.45, 2.75) is 6.42 Å². The molecule has 4 aromatic rings. The van der Waals surface area contributed by atoms with E-state index >= 15 is 0 Å². The maximum Gasteiger partial charge on any atom is 0.155 e. The molecular formula is C23H24N4O4. The summed E-state index contributed by atoms with van der Waals surface area (Å²) in [6.07, 6.45) is 4.60. The first-order valence-corrected chi connectivity index (χ1v) is 10.4. The SMILES string of the molecule is O/N=c1\cc(-c2cc3cccn3cn2)oc2ccc(OCCCN3CCOCC3)cc12. The van der Waals surface area contributed by atoms with Gasteiger partial charge in [-0.15, -0.1) is 0 Å². The summed E-state index contributed by atoms with van der Waals surface area (Å²) in [7, 11) is 0. The molecule has 0 atom stereocenters. The minimum atomic E-state index is 0.409. The van der Waals surface area contributed by atoms with Gasteiger partial charge in [0.25, 0.3) is 0 Å². The van der Waals surface area contributed by atoms with Crippen molar-refractivity contribution in [3.8, 4) is 17.2 Å². The fourth-order valence-corrected chi connectivity index (χ4v) is 3.82. The maximum atomic E-state index is 9.60. The van der Waals surface area contributed by atoms with E-state index < -0.39 is 0 Å². The van der Waals surface area contributed by atoms with E-state index in [-0.39, 0.29) is 0 Å². The highest BCUT2D eigenvalue weighted by molar-refractivity contribution is 5.80. The molecule has 0 amide bonds. The van der Waals surface area contributed by atoms with Gasteiger partial charge in [-0.25, -0.2) is 4.98 Å². The third kappa shape index (κ3) is 4.26. The lowest BCUT2D eigenvalue weighted by Gasteiger charge is -2.26. The van der Waals surface area contributed by atoms with Crippen LogP contribution in [0.3, 0.4) is 0 Å². The van der Waals surface area contributed by atoms with Gasteiger partial charge in [0.15, 0.2) is 5.76 Å². The van der Waals surface area contributed by atoms with Crippen molar-refractivity contribution in [1.29, 1.82) is 0 Å². The van der Waals surface area contributed by atoms with E-state index in [9.17, 15) is 5.21 Å². The predicted molar refractivity (Wildman–Crippen MR) is 115 cm³/mol. The number of rotatable bonds is 6. The van der Waals surface area contributed by atoms with Crippen LogP contribution < -0.4 is 10.1 Å². The fourth-order valence-electron chi connectivity index (χ4n) is 3.82. The van der Waals surface area contributed by atoms with Crippen LogP contribution in [0.5, 0.6) is 5.75 Å². The first-order valence-electron chi connectivity index (χ1n) is 10.4. The number of fused-ring (bicyclic) bond motifs is 2. The predicted octanol–water partition coefficient (Wildman–Crippen LogP) is 3.14. The molecule has 5 rings (SSSR count). The van der Waals surface area contributed by atoms with Gasteiger partial charge in [-0.05, 0) is 42.8 Å². The molecule has 1 aromatic carbocycles. The highest BCUT2D eigenvalue weighted by Gasteiger charge is 2.11. The van der Waals surface area contributed by atoms with Crippen LogP contribution in [-0.4, -0.2) is 58.9 Å². The minimum Gasteiger partial charge on any atom is -0.494 e. The van der Waals surface area contributed by atoms with Crippen LogP contribution >= 0.6 is 0 Å². The minimum absolute atomic E-state index is 0.409. The first kappa shape index (κ1) is 19.6. The van der Waals surface area contributed by atoms with Crippen molar-refractivity contribution >= 4 is 16.5 Å². The Morgan fingerprint density at radius 2 is 2.03 bits per heavy atom. The lowest BCUT2D eigenvalue weighted by molar-refractivity contribution is 0.0358. The van der Waals surface area contributed by atoms with Crippen LogP contribution in [0.25, 0.3) is 27.9 Å². The van der Waals surface area contributed by atoms with Gasteiger partial charge >= 0.3 is 0 Å². The monoisotopic (exact) mass is 420 g/mol. The van der Waals surface area contributed by atoms with Crippen molar-refractivity contribution in [2.24, 2.45) is 5.16 Å². The van der Waals surface area contributed by atoms with Crippen molar-refractivity contribution in [1.82, 2.24) is 14.3 Å². The molecule has 0 bridgehead atoms. The van der Waals surface area contributed by atoms with Crippen LogP contribution in [-0.2, 0) is 4.74 Å². The number of hydrogen-bond donors (Lipinski definition) is 1. The molecule has 160 valence electrons. The third-order valence-corrected chi connectivity index (χ3v) is 5.48. The molecule has 1 aliphatic rings. The van der Waals surface area contributed by atoms with Crippen LogP contribution in [0.2, 0.25) is 0 Å². The highest BCUT2D eigenvalue weighted by Crippen LogP contribution is 2.24. The van der Waals surface area contributed by atoms with Gasteiger partial charge in [0.2, 0.25) is 0 Å². The highest BCUT2D eigenvalue weighted by atomic mass is 16.5. The third-order valence-electron chi connectivity index (χ3n) is 5.48.